The Morgan fingerprint density at radius 3 is 2.52 bits per heavy atom. The third-order valence-electron chi connectivity index (χ3n) is 5.52. The fraction of sp³-hybridized carbons (Fsp3) is 0.217. The number of pyridine rings is 2. The Hall–Kier alpha value is -3.54. The second-order valence-corrected chi connectivity index (χ2v) is 7.35. The Balaban J connectivity index is 1.25. The van der Waals surface area contributed by atoms with Crippen LogP contribution in [0, 0.1) is 0 Å². The van der Waals surface area contributed by atoms with E-state index >= 15 is 0 Å². The number of rotatable bonds is 3. The lowest BCUT2D eigenvalue weighted by Gasteiger charge is -2.31. The van der Waals surface area contributed by atoms with Gasteiger partial charge in [-0.15, -0.1) is 0 Å². The summed E-state index contributed by atoms with van der Waals surface area (Å²) in [5.74, 6) is 1.36. The van der Waals surface area contributed by atoms with Crippen LogP contribution in [0.4, 0.5) is 0 Å². The van der Waals surface area contributed by atoms with Gasteiger partial charge >= 0.3 is 0 Å². The molecule has 0 atom stereocenters. The standard InChI is InChI=1S/C23H21N5O/c29-23(21-9-8-17(15-25-21)18-5-3-4-12-24-18)28-13-10-16(11-14-28)22-26-19-6-1-2-7-20(19)27-22/h1-9,12,15-16H,10-11,13-14H2,(H,26,27). The van der Waals surface area contributed by atoms with E-state index in [1.165, 1.54) is 0 Å². The van der Waals surface area contributed by atoms with Gasteiger partial charge in [-0.3, -0.25) is 14.8 Å². The van der Waals surface area contributed by atoms with Gasteiger partial charge in [0.25, 0.3) is 5.91 Å². The molecule has 0 bridgehead atoms. The third kappa shape index (κ3) is 3.49. The van der Waals surface area contributed by atoms with Crippen LogP contribution in [0.1, 0.15) is 35.1 Å². The summed E-state index contributed by atoms with van der Waals surface area (Å²) < 4.78 is 0. The summed E-state index contributed by atoms with van der Waals surface area (Å²) in [6.07, 6.45) is 5.27. The number of aromatic nitrogens is 4. The van der Waals surface area contributed by atoms with Crippen LogP contribution in [0.5, 0.6) is 0 Å². The highest BCUT2D eigenvalue weighted by molar-refractivity contribution is 5.92. The number of piperidine rings is 1. The van der Waals surface area contributed by atoms with Crippen molar-refractivity contribution in [1.82, 2.24) is 24.8 Å². The molecule has 5 rings (SSSR count). The fourth-order valence-corrected chi connectivity index (χ4v) is 3.89. The first-order valence-electron chi connectivity index (χ1n) is 9.89. The monoisotopic (exact) mass is 383 g/mol. The number of nitrogens with zero attached hydrogens (tertiary/aromatic N) is 4. The van der Waals surface area contributed by atoms with Crippen molar-refractivity contribution in [3.05, 3.63) is 78.5 Å². The zero-order valence-electron chi connectivity index (χ0n) is 16.0. The Kier molecular flexibility index (Phi) is 4.52. The maximum absolute atomic E-state index is 12.9. The summed E-state index contributed by atoms with van der Waals surface area (Å²) in [4.78, 5) is 31.6. The summed E-state index contributed by atoms with van der Waals surface area (Å²) >= 11 is 0. The average molecular weight is 383 g/mol. The topological polar surface area (TPSA) is 74.8 Å². The minimum absolute atomic E-state index is 0.0133. The van der Waals surface area contributed by atoms with Crippen molar-refractivity contribution in [3.8, 4) is 11.3 Å². The molecule has 1 fully saturated rings. The van der Waals surface area contributed by atoms with Gasteiger partial charge in [0.2, 0.25) is 0 Å². The lowest BCUT2D eigenvalue weighted by Crippen LogP contribution is -2.38. The minimum Gasteiger partial charge on any atom is -0.342 e. The van der Waals surface area contributed by atoms with E-state index in [4.69, 9.17) is 4.98 Å². The molecule has 3 aromatic heterocycles. The second-order valence-electron chi connectivity index (χ2n) is 7.35. The molecule has 6 heteroatoms. The van der Waals surface area contributed by atoms with Gasteiger partial charge in [0, 0.05) is 37.0 Å². The molecule has 1 N–H and O–H groups in total. The van der Waals surface area contributed by atoms with Gasteiger partial charge in [-0.1, -0.05) is 18.2 Å². The zero-order valence-corrected chi connectivity index (χ0v) is 16.0. The lowest BCUT2D eigenvalue weighted by atomic mass is 9.96. The largest absolute Gasteiger partial charge is 0.342 e. The number of carbonyl (C=O) groups excluding carboxylic acids is 1. The fourth-order valence-electron chi connectivity index (χ4n) is 3.89. The van der Waals surface area contributed by atoms with Crippen molar-refractivity contribution in [3.63, 3.8) is 0 Å². The average Bonchev–Trinajstić information content (AvgIpc) is 3.24. The molecule has 0 aliphatic carbocycles. The summed E-state index contributed by atoms with van der Waals surface area (Å²) in [7, 11) is 0. The molecule has 0 radical (unpaired) electrons. The zero-order chi connectivity index (χ0) is 19.6. The van der Waals surface area contributed by atoms with Gasteiger partial charge in [0.15, 0.2) is 0 Å². The molecule has 0 saturated carbocycles. The molecule has 1 amide bonds. The van der Waals surface area contributed by atoms with Crippen molar-refractivity contribution < 1.29 is 4.79 Å². The number of aromatic amines is 1. The van der Waals surface area contributed by atoms with Crippen molar-refractivity contribution >= 4 is 16.9 Å². The molecule has 4 heterocycles. The molecule has 0 unspecified atom stereocenters. The maximum atomic E-state index is 12.9. The molecule has 1 aromatic carbocycles. The van der Waals surface area contributed by atoms with Gasteiger partial charge in [0.1, 0.15) is 11.5 Å². The van der Waals surface area contributed by atoms with E-state index in [2.05, 4.69) is 15.0 Å². The molecule has 1 aliphatic rings. The smallest absolute Gasteiger partial charge is 0.272 e. The Bertz CT molecular complexity index is 1100. The Labute approximate surface area is 168 Å². The Morgan fingerprint density at radius 1 is 0.966 bits per heavy atom. The van der Waals surface area contributed by atoms with Crippen LogP contribution in [0.25, 0.3) is 22.3 Å². The number of amides is 1. The number of benzene rings is 1. The van der Waals surface area contributed by atoms with Crippen LogP contribution in [-0.2, 0) is 0 Å². The van der Waals surface area contributed by atoms with Crippen molar-refractivity contribution in [2.75, 3.05) is 13.1 Å². The van der Waals surface area contributed by atoms with Crippen LogP contribution in [0.2, 0.25) is 0 Å². The predicted molar refractivity (Wildman–Crippen MR) is 111 cm³/mol. The number of fused-ring (bicyclic) bond motifs is 1. The number of likely N-dealkylation sites (tertiary alicyclic amines) is 1. The Morgan fingerprint density at radius 2 is 1.79 bits per heavy atom. The van der Waals surface area contributed by atoms with Crippen LogP contribution in [-0.4, -0.2) is 43.8 Å². The molecular formula is C23H21N5O. The van der Waals surface area contributed by atoms with E-state index in [9.17, 15) is 4.79 Å². The molecule has 144 valence electrons. The van der Waals surface area contributed by atoms with Gasteiger partial charge in [-0.2, -0.15) is 0 Å². The van der Waals surface area contributed by atoms with Crippen LogP contribution < -0.4 is 0 Å². The van der Waals surface area contributed by atoms with E-state index in [-0.39, 0.29) is 5.91 Å². The van der Waals surface area contributed by atoms with Gasteiger partial charge in [-0.25, -0.2) is 4.98 Å². The number of imidazole rings is 1. The summed E-state index contributed by atoms with van der Waals surface area (Å²) in [5, 5.41) is 0. The quantitative estimate of drug-likeness (QED) is 0.579. The molecule has 1 saturated heterocycles. The van der Waals surface area contributed by atoms with E-state index in [0.29, 0.717) is 24.7 Å². The maximum Gasteiger partial charge on any atom is 0.272 e. The first kappa shape index (κ1) is 17.6. The molecule has 6 nitrogen and oxygen atoms in total. The van der Waals surface area contributed by atoms with E-state index in [1.807, 2.05) is 53.4 Å². The first-order valence-corrected chi connectivity index (χ1v) is 9.89. The van der Waals surface area contributed by atoms with E-state index < -0.39 is 0 Å². The highest BCUT2D eigenvalue weighted by Gasteiger charge is 2.26. The summed E-state index contributed by atoms with van der Waals surface area (Å²) in [6, 6.07) is 17.5. The van der Waals surface area contributed by atoms with E-state index in [0.717, 1.165) is 41.0 Å². The van der Waals surface area contributed by atoms with Crippen LogP contribution >= 0.6 is 0 Å². The number of hydrogen-bond donors (Lipinski definition) is 1. The molecule has 0 spiro atoms. The highest BCUT2D eigenvalue weighted by Crippen LogP contribution is 2.28. The first-order chi connectivity index (χ1) is 14.3. The molecule has 29 heavy (non-hydrogen) atoms. The normalized spacial score (nSPS) is 15.0. The number of hydrogen-bond acceptors (Lipinski definition) is 4. The number of H-pyrrole nitrogens is 1. The minimum atomic E-state index is -0.0133. The molecule has 4 aromatic rings. The van der Waals surface area contributed by atoms with Gasteiger partial charge in [0.05, 0.1) is 16.7 Å². The SMILES string of the molecule is O=C(c1ccc(-c2ccccn2)cn1)N1CCC(c2nc3ccccc3[nH]2)CC1. The molecular weight excluding hydrogens is 362 g/mol. The number of carbonyl (C=O) groups is 1. The van der Waals surface area contributed by atoms with Crippen LogP contribution in [0.3, 0.4) is 0 Å². The lowest BCUT2D eigenvalue weighted by molar-refractivity contribution is 0.0705. The van der Waals surface area contributed by atoms with Gasteiger partial charge < -0.3 is 9.88 Å². The predicted octanol–water partition coefficient (Wildman–Crippen LogP) is 4.04. The van der Waals surface area contributed by atoms with Crippen molar-refractivity contribution in [2.45, 2.75) is 18.8 Å². The third-order valence-corrected chi connectivity index (χ3v) is 5.52. The second kappa shape index (κ2) is 7.47. The highest BCUT2D eigenvalue weighted by atomic mass is 16.2. The van der Waals surface area contributed by atoms with Gasteiger partial charge in [-0.05, 0) is 49.2 Å². The van der Waals surface area contributed by atoms with Crippen LogP contribution in [0.15, 0.2) is 67.0 Å². The number of nitrogens with one attached hydrogen (secondary N) is 1. The van der Waals surface area contributed by atoms with E-state index in [1.54, 1.807) is 18.5 Å². The summed E-state index contributed by atoms with van der Waals surface area (Å²) in [6.45, 7) is 1.43. The van der Waals surface area contributed by atoms with Crippen molar-refractivity contribution in [1.29, 1.82) is 0 Å². The summed E-state index contributed by atoms with van der Waals surface area (Å²) in [5.41, 5.74) is 4.31. The van der Waals surface area contributed by atoms with Crippen molar-refractivity contribution in [2.24, 2.45) is 0 Å². The molecule has 1 aliphatic heterocycles. The number of para-hydroxylation sites is 2.